The van der Waals surface area contributed by atoms with E-state index in [9.17, 15) is 0 Å². The summed E-state index contributed by atoms with van der Waals surface area (Å²) in [6.45, 7) is 24.8. The van der Waals surface area contributed by atoms with Crippen molar-refractivity contribution in [1.29, 1.82) is 0 Å². The number of ether oxygens (including phenoxy) is 1. The van der Waals surface area contributed by atoms with Gasteiger partial charge < -0.3 is 9.30 Å². The lowest BCUT2D eigenvalue weighted by atomic mass is 9.85. The number of hydrogen-bond acceptors (Lipinski definition) is 3. The number of rotatable bonds is 8. The highest BCUT2D eigenvalue weighted by Gasteiger charge is 2.29. The summed E-state index contributed by atoms with van der Waals surface area (Å²) in [5.74, 6) is 3.05. The van der Waals surface area contributed by atoms with Crippen LogP contribution in [0, 0.1) is 6.92 Å². The van der Waals surface area contributed by atoms with E-state index in [0.29, 0.717) is 11.8 Å². The summed E-state index contributed by atoms with van der Waals surface area (Å²) < 4.78 is 13.9. The number of pyridine rings is 1. The molecule has 0 aliphatic carbocycles. The van der Waals surface area contributed by atoms with Crippen molar-refractivity contribution >= 4 is 43.6 Å². The van der Waals surface area contributed by atoms with Crippen molar-refractivity contribution in [3.63, 3.8) is 0 Å². The van der Waals surface area contributed by atoms with Gasteiger partial charge in [-0.15, -0.1) is 0 Å². The van der Waals surface area contributed by atoms with Gasteiger partial charge in [0.05, 0.1) is 44.8 Å². The minimum absolute atomic E-state index is 0.143. The molecule has 0 spiro atoms. The molecule has 0 saturated heterocycles. The summed E-state index contributed by atoms with van der Waals surface area (Å²) in [6.07, 6.45) is 1.96. The fourth-order valence-electron chi connectivity index (χ4n) is 9.98. The number of aryl methyl sites for hydroxylation is 1. The predicted molar refractivity (Wildman–Crippen MR) is 272 cm³/mol. The largest absolute Gasteiger partial charge is 0.457 e. The summed E-state index contributed by atoms with van der Waals surface area (Å²) in [7, 11) is 0. The van der Waals surface area contributed by atoms with Crippen molar-refractivity contribution in [2.24, 2.45) is 0 Å². The van der Waals surface area contributed by atoms with Crippen LogP contribution in [-0.2, 0) is 10.8 Å². The van der Waals surface area contributed by atoms with Gasteiger partial charge in [0.1, 0.15) is 17.3 Å². The molecule has 65 heavy (non-hydrogen) atoms. The first-order valence-corrected chi connectivity index (χ1v) is 23.1. The van der Waals surface area contributed by atoms with Crippen LogP contribution in [0.1, 0.15) is 109 Å². The van der Waals surface area contributed by atoms with Gasteiger partial charge in [0.25, 0.3) is 0 Å². The van der Waals surface area contributed by atoms with Gasteiger partial charge in [-0.05, 0) is 82.8 Å². The summed E-state index contributed by atoms with van der Waals surface area (Å²) in [5, 5.41) is 10.1. The van der Waals surface area contributed by atoms with Gasteiger partial charge in [-0.2, -0.15) is 5.10 Å². The molecule has 0 saturated carbocycles. The molecule has 0 atom stereocenters. The Balaban J connectivity index is 1.14. The molecule has 10 aromatic rings. The molecule has 0 bridgehead atoms. The topological polar surface area (TPSA) is 49.8 Å². The van der Waals surface area contributed by atoms with Gasteiger partial charge in [0.2, 0.25) is 0 Å². The molecule has 6 aromatic carbocycles. The Kier molecular flexibility index (Phi) is 10.1. The van der Waals surface area contributed by atoms with Crippen molar-refractivity contribution in [1.82, 2.24) is 23.9 Å². The number of nitrogens with zero attached hydrogens (tertiary/aromatic N) is 5. The molecule has 0 amide bonds. The first-order chi connectivity index (χ1) is 31.1. The minimum atomic E-state index is -0.191. The summed E-state index contributed by atoms with van der Waals surface area (Å²) in [6, 6.07) is 50.3. The molecule has 0 radical (unpaired) electrons. The van der Waals surface area contributed by atoms with Crippen molar-refractivity contribution in [2.45, 2.75) is 98.8 Å². The number of benzene rings is 6. The molecule has 0 unspecified atom stereocenters. The maximum Gasteiger partial charge on any atom is 0.139 e. The first-order valence-electron chi connectivity index (χ1n) is 23.1. The van der Waals surface area contributed by atoms with E-state index in [2.05, 4.69) is 230 Å². The second kappa shape index (κ2) is 15.7. The maximum atomic E-state index is 6.99. The van der Waals surface area contributed by atoms with E-state index in [4.69, 9.17) is 14.8 Å². The zero-order valence-corrected chi connectivity index (χ0v) is 39.7. The van der Waals surface area contributed by atoms with E-state index in [1.54, 1.807) is 0 Å². The van der Waals surface area contributed by atoms with E-state index in [1.807, 2.05) is 6.20 Å². The molecule has 6 heteroatoms. The average molecular weight is 854 g/mol. The second-order valence-electron chi connectivity index (χ2n) is 20.4. The number of fused-ring (bicyclic) bond motifs is 6. The van der Waals surface area contributed by atoms with Gasteiger partial charge in [-0.1, -0.05) is 154 Å². The number of aromatic nitrogens is 5. The summed E-state index contributed by atoms with van der Waals surface area (Å²) >= 11 is 0. The van der Waals surface area contributed by atoms with Crippen LogP contribution >= 0.6 is 0 Å². The van der Waals surface area contributed by atoms with Gasteiger partial charge in [0.15, 0.2) is 0 Å². The molecule has 6 nitrogen and oxygen atoms in total. The van der Waals surface area contributed by atoms with Crippen LogP contribution in [0.2, 0.25) is 0 Å². The van der Waals surface area contributed by atoms with Crippen LogP contribution < -0.4 is 4.74 Å². The molecule has 0 N–H and O–H groups in total. The van der Waals surface area contributed by atoms with E-state index < -0.39 is 0 Å². The third-order valence-electron chi connectivity index (χ3n) is 13.0. The Bertz CT molecular complexity index is 3370. The highest BCUT2D eigenvalue weighted by Crippen LogP contribution is 2.43. The Morgan fingerprint density at radius 2 is 1.15 bits per heavy atom. The van der Waals surface area contributed by atoms with E-state index >= 15 is 0 Å². The first kappa shape index (κ1) is 42.1. The Hall–Kier alpha value is -6.92. The van der Waals surface area contributed by atoms with Crippen molar-refractivity contribution in [2.75, 3.05) is 0 Å². The quantitative estimate of drug-likeness (QED) is 0.153. The summed E-state index contributed by atoms with van der Waals surface area (Å²) in [5.41, 5.74) is 14.7. The normalized spacial score (nSPS) is 12.5. The Labute approximate surface area is 383 Å². The van der Waals surface area contributed by atoms with E-state index in [1.165, 1.54) is 55.3 Å². The van der Waals surface area contributed by atoms with Crippen LogP contribution in [-0.4, -0.2) is 23.9 Å². The lowest BCUT2D eigenvalue weighted by Gasteiger charge is -2.25. The van der Waals surface area contributed by atoms with Crippen molar-refractivity contribution in [3.05, 3.63) is 174 Å². The monoisotopic (exact) mass is 853 g/mol. The smallest absolute Gasteiger partial charge is 0.139 e. The molecule has 0 fully saturated rings. The van der Waals surface area contributed by atoms with Crippen LogP contribution in [0.15, 0.2) is 146 Å². The molecule has 10 rings (SSSR count). The van der Waals surface area contributed by atoms with E-state index in [0.717, 1.165) is 56.2 Å². The average Bonchev–Trinajstić information content (AvgIpc) is 3.93. The Morgan fingerprint density at radius 1 is 0.523 bits per heavy atom. The zero-order chi connectivity index (χ0) is 45.5. The maximum absolute atomic E-state index is 6.99. The lowest BCUT2D eigenvalue weighted by Crippen LogP contribution is -2.19. The molecule has 4 aromatic heterocycles. The third-order valence-corrected chi connectivity index (χ3v) is 13.0. The van der Waals surface area contributed by atoms with E-state index in [-0.39, 0.29) is 10.8 Å². The zero-order valence-electron chi connectivity index (χ0n) is 39.7. The van der Waals surface area contributed by atoms with Gasteiger partial charge in [-0.25, -0.2) is 9.67 Å². The van der Waals surface area contributed by atoms with Crippen molar-refractivity contribution < 1.29 is 4.74 Å². The molecular weight excluding hydrogens is 795 g/mol. The fourth-order valence-corrected chi connectivity index (χ4v) is 9.98. The number of hydrogen-bond donors (Lipinski definition) is 0. The molecule has 0 aliphatic heterocycles. The lowest BCUT2D eigenvalue weighted by molar-refractivity contribution is 0.477. The highest BCUT2D eigenvalue weighted by atomic mass is 16.5. The number of para-hydroxylation sites is 3. The third kappa shape index (κ3) is 7.20. The van der Waals surface area contributed by atoms with Crippen molar-refractivity contribution in [3.8, 4) is 39.8 Å². The molecular formula is C59H59N5O. The predicted octanol–water partition coefficient (Wildman–Crippen LogP) is 16.1. The van der Waals surface area contributed by atoms with Crippen LogP contribution in [0.5, 0.6) is 11.5 Å². The van der Waals surface area contributed by atoms with Gasteiger partial charge in [0, 0.05) is 56.9 Å². The fraction of sp³-hybridized carbons (Fsp3) is 0.254. The highest BCUT2D eigenvalue weighted by molar-refractivity contribution is 6.12. The SMILES string of the molecule is Cc1nn(-c2cc(Oc3ccc4c5ccccc5n(-c5cc(-n6c7c(C(C)C)cccc7c7cccc(C(C)C)c76)ccn5)c4c3)cc(C(C)(C)C)c2)c(C(C)(C)C)c1-c1ccccc1. The molecule has 0 aliphatic rings. The second-order valence-corrected chi connectivity index (χ2v) is 20.4. The van der Waals surface area contributed by atoms with Crippen LogP contribution in [0.25, 0.3) is 71.9 Å². The van der Waals surface area contributed by atoms with Crippen LogP contribution in [0.4, 0.5) is 0 Å². The standard InChI is InChI=1S/C59H59N5O/c1-36(2)45-22-17-24-49-50-25-18-23-46(37(3)4)56(50)62(55(45)49)41-29-30-60-53(34-41)63-51-26-16-15-21-47(51)48-28-27-43(35-52(48)63)65-44-32-40(58(6,7)8)31-42(33-44)64-57(59(9,10)11)54(38(5)61-64)39-19-13-12-14-20-39/h12-37H,1-11H3. The summed E-state index contributed by atoms with van der Waals surface area (Å²) in [4.78, 5) is 5.12. The molecule has 4 heterocycles. The van der Waals surface area contributed by atoms with Gasteiger partial charge >= 0.3 is 0 Å². The minimum Gasteiger partial charge on any atom is -0.457 e. The van der Waals surface area contributed by atoms with Crippen LogP contribution in [0.3, 0.4) is 0 Å². The van der Waals surface area contributed by atoms with Gasteiger partial charge in [-0.3, -0.25) is 4.57 Å². The Morgan fingerprint density at radius 3 is 1.80 bits per heavy atom. The molecule has 326 valence electrons.